The van der Waals surface area contributed by atoms with Gasteiger partial charge in [0.1, 0.15) is 6.04 Å². The molecule has 0 amide bonds. The van der Waals surface area contributed by atoms with E-state index < -0.39 is 12.0 Å². The van der Waals surface area contributed by atoms with E-state index in [0.29, 0.717) is 18.9 Å². The SMILES string of the molecule is Cc1ccc(CN[C@H](CC(C)C)C(=O)O)s1. The average molecular weight is 241 g/mol. The van der Waals surface area contributed by atoms with E-state index in [1.165, 1.54) is 9.75 Å². The number of carbonyl (C=O) groups is 1. The Morgan fingerprint density at radius 2 is 2.19 bits per heavy atom. The third-order valence-electron chi connectivity index (χ3n) is 2.32. The largest absolute Gasteiger partial charge is 0.480 e. The number of aliphatic carboxylic acids is 1. The molecule has 0 unspecified atom stereocenters. The summed E-state index contributed by atoms with van der Waals surface area (Å²) in [5, 5.41) is 12.1. The van der Waals surface area contributed by atoms with Crippen LogP contribution in [-0.2, 0) is 11.3 Å². The second-order valence-electron chi connectivity index (χ2n) is 4.41. The molecule has 1 aromatic heterocycles. The van der Waals surface area contributed by atoms with Gasteiger partial charge in [-0.3, -0.25) is 10.1 Å². The first-order chi connectivity index (χ1) is 7.49. The smallest absolute Gasteiger partial charge is 0.320 e. The van der Waals surface area contributed by atoms with Crippen LogP contribution in [0.4, 0.5) is 0 Å². The fraction of sp³-hybridized carbons (Fsp3) is 0.583. The molecular formula is C12H19NO2S. The minimum atomic E-state index is -0.762. The predicted molar refractivity (Wildman–Crippen MR) is 66.8 cm³/mol. The van der Waals surface area contributed by atoms with Gasteiger partial charge in [0, 0.05) is 16.3 Å². The van der Waals surface area contributed by atoms with E-state index in [-0.39, 0.29) is 0 Å². The van der Waals surface area contributed by atoms with Crippen LogP contribution in [-0.4, -0.2) is 17.1 Å². The molecule has 1 aromatic rings. The fourth-order valence-electron chi connectivity index (χ4n) is 1.55. The Kier molecular flexibility index (Phi) is 4.96. The molecule has 1 heterocycles. The highest BCUT2D eigenvalue weighted by molar-refractivity contribution is 7.11. The maximum atomic E-state index is 11.0. The summed E-state index contributed by atoms with van der Waals surface area (Å²) in [7, 11) is 0. The van der Waals surface area contributed by atoms with E-state index in [1.807, 2.05) is 19.9 Å². The molecule has 1 atom stereocenters. The second-order valence-corrected chi connectivity index (χ2v) is 5.79. The van der Waals surface area contributed by atoms with Gasteiger partial charge in [-0.1, -0.05) is 13.8 Å². The van der Waals surface area contributed by atoms with Gasteiger partial charge in [-0.15, -0.1) is 11.3 Å². The summed E-state index contributed by atoms with van der Waals surface area (Å²) in [5.74, 6) is -0.374. The van der Waals surface area contributed by atoms with Crippen LogP contribution in [0.15, 0.2) is 12.1 Å². The Labute approximate surface area is 100 Å². The van der Waals surface area contributed by atoms with Crippen molar-refractivity contribution in [1.29, 1.82) is 0 Å². The van der Waals surface area contributed by atoms with Crippen LogP contribution >= 0.6 is 11.3 Å². The third kappa shape index (κ3) is 4.33. The van der Waals surface area contributed by atoms with Crippen molar-refractivity contribution in [3.8, 4) is 0 Å². The zero-order valence-electron chi connectivity index (χ0n) is 9.99. The first kappa shape index (κ1) is 13.2. The number of rotatable bonds is 6. The summed E-state index contributed by atoms with van der Waals surface area (Å²) in [6, 6.07) is 3.66. The lowest BCUT2D eigenvalue weighted by Crippen LogP contribution is -2.37. The molecule has 16 heavy (non-hydrogen) atoms. The normalized spacial score (nSPS) is 13.0. The highest BCUT2D eigenvalue weighted by Crippen LogP contribution is 2.15. The maximum absolute atomic E-state index is 11.0. The quantitative estimate of drug-likeness (QED) is 0.805. The van der Waals surface area contributed by atoms with E-state index in [0.717, 1.165) is 0 Å². The molecule has 0 aromatic carbocycles. The third-order valence-corrected chi connectivity index (χ3v) is 3.32. The summed E-state index contributed by atoms with van der Waals surface area (Å²) < 4.78 is 0. The van der Waals surface area contributed by atoms with E-state index >= 15 is 0 Å². The molecule has 90 valence electrons. The zero-order chi connectivity index (χ0) is 12.1. The summed E-state index contributed by atoms with van der Waals surface area (Å²) in [6.07, 6.45) is 0.666. The summed E-state index contributed by atoms with van der Waals surface area (Å²) in [5.41, 5.74) is 0. The Bertz CT molecular complexity index is 347. The number of thiophene rings is 1. The van der Waals surface area contributed by atoms with Gasteiger partial charge in [-0.25, -0.2) is 0 Å². The van der Waals surface area contributed by atoms with Crippen LogP contribution in [0.3, 0.4) is 0 Å². The van der Waals surface area contributed by atoms with Crippen LogP contribution in [0.5, 0.6) is 0 Å². The highest BCUT2D eigenvalue weighted by atomic mass is 32.1. The summed E-state index contributed by atoms with van der Waals surface area (Å²) >= 11 is 1.70. The van der Waals surface area contributed by atoms with Gasteiger partial charge in [0.15, 0.2) is 0 Å². The number of carboxylic acids is 1. The van der Waals surface area contributed by atoms with Crippen molar-refractivity contribution in [2.24, 2.45) is 5.92 Å². The van der Waals surface area contributed by atoms with Crippen LogP contribution in [0.25, 0.3) is 0 Å². The van der Waals surface area contributed by atoms with Crippen molar-refractivity contribution >= 4 is 17.3 Å². The lowest BCUT2D eigenvalue weighted by atomic mass is 10.0. The number of hydrogen-bond donors (Lipinski definition) is 2. The van der Waals surface area contributed by atoms with Gasteiger partial charge in [0.05, 0.1) is 0 Å². The molecule has 2 N–H and O–H groups in total. The van der Waals surface area contributed by atoms with Crippen LogP contribution in [0.2, 0.25) is 0 Å². The molecule has 0 saturated heterocycles. The predicted octanol–water partition coefficient (Wildman–Crippen LogP) is 2.65. The average Bonchev–Trinajstić information content (AvgIpc) is 2.58. The molecule has 0 aliphatic heterocycles. The first-order valence-corrected chi connectivity index (χ1v) is 6.32. The molecule has 0 aliphatic carbocycles. The fourth-order valence-corrected chi connectivity index (χ4v) is 2.39. The van der Waals surface area contributed by atoms with Crippen LogP contribution in [0, 0.1) is 12.8 Å². The van der Waals surface area contributed by atoms with Crippen LogP contribution < -0.4 is 5.32 Å². The molecular weight excluding hydrogens is 222 g/mol. The number of nitrogens with one attached hydrogen (secondary N) is 1. The summed E-state index contributed by atoms with van der Waals surface area (Å²) in [6.45, 7) is 6.76. The van der Waals surface area contributed by atoms with Crippen molar-refractivity contribution in [3.63, 3.8) is 0 Å². The molecule has 4 heteroatoms. The second kappa shape index (κ2) is 6.01. The van der Waals surface area contributed by atoms with Crippen molar-refractivity contribution in [2.45, 2.75) is 39.8 Å². The lowest BCUT2D eigenvalue weighted by Gasteiger charge is -2.15. The first-order valence-electron chi connectivity index (χ1n) is 5.50. The van der Waals surface area contributed by atoms with Crippen molar-refractivity contribution < 1.29 is 9.90 Å². The maximum Gasteiger partial charge on any atom is 0.320 e. The Balaban J connectivity index is 2.46. The van der Waals surface area contributed by atoms with Crippen molar-refractivity contribution in [3.05, 3.63) is 21.9 Å². The topological polar surface area (TPSA) is 49.3 Å². The molecule has 0 spiro atoms. The van der Waals surface area contributed by atoms with Gasteiger partial charge >= 0.3 is 5.97 Å². The van der Waals surface area contributed by atoms with Gasteiger partial charge in [-0.2, -0.15) is 0 Å². The molecule has 0 aliphatic rings. The van der Waals surface area contributed by atoms with E-state index in [2.05, 4.69) is 18.3 Å². The van der Waals surface area contributed by atoms with Gasteiger partial charge in [-0.05, 0) is 31.4 Å². The molecule has 1 rings (SSSR count). The Hall–Kier alpha value is -0.870. The van der Waals surface area contributed by atoms with Crippen molar-refractivity contribution in [2.75, 3.05) is 0 Å². The van der Waals surface area contributed by atoms with Gasteiger partial charge in [0.2, 0.25) is 0 Å². The van der Waals surface area contributed by atoms with E-state index in [1.54, 1.807) is 11.3 Å². The van der Waals surface area contributed by atoms with Gasteiger partial charge < -0.3 is 5.11 Å². The van der Waals surface area contributed by atoms with Gasteiger partial charge in [0.25, 0.3) is 0 Å². The highest BCUT2D eigenvalue weighted by Gasteiger charge is 2.17. The Morgan fingerprint density at radius 1 is 1.50 bits per heavy atom. The van der Waals surface area contributed by atoms with E-state index in [4.69, 9.17) is 5.11 Å². The molecule has 0 radical (unpaired) electrons. The van der Waals surface area contributed by atoms with E-state index in [9.17, 15) is 4.79 Å². The number of aryl methyl sites for hydroxylation is 1. The molecule has 0 saturated carbocycles. The molecule has 0 fully saturated rings. The molecule has 3 nitrogen and oxygen atoms in total. The number of hydrogen-bond acceptors (Lipinski definition) is 3. The number of carboxylic acid groups (broad SMARTS) is 1. The summed E-state index contributed by atoms with van der Waals surface area (Å²) in [4.78, 5) is 13.4. The monoisotopic (exact) mass is 241 g/mol. The standard InChI is InChI=1S/C12H19NO2S/c1-8(2)6-11(12(14)15)13-7-10-5-4-9(3)16-10/h4-5,8,11,13H,6-7H2,1-3H3,(H,14,15)/t11-/m1/s1. The Morgan fingerprint density at radius 3 is 2.62 bits per heavy atom. The zero-order valence-corrected chi connectivity index (χ0v) is 10.8. The van der Waals surface area contributed by atoms with Crippen LogP contribution in [0.1, 0.15) is 30.0 Å². The minimum absolute atomic E-state index is 0.388. The lowest BCUT2D eigenvalue weighted by molar-refractivity contribution is -0.139. The van der Waals surface area contributed by atoms with Crippen molar-refractivity contribution in [1.82, 2.24) is 5.32 Å². The minimum Gasteiger partial charge on any atom is -0.480 e. The molecule has 0 bridgehead atoms.